The number of ether oxygens (including phenoxy) is 3. The van der Waals surface area contributed by atoms with Gasteiger partial charge in [0, 0.05) is 43.5 Å². The number of piperidine rings is 1. The van der Waals surface area contributed by atoms with E-state index in [0.717, 1.165) is 62.9 Å². The van der Waals surface area contributed by atoms with Crippen molar-refractivity contribution < 1.29 is 19.0 Å². The zero-order valence-corrected chi connectivity index (χ0v) is 25.1. The Morgan fingerprint density at radius 2 is 1.83 bits per heavy atom. The lowest BCUT2D eigenvalue weighted by atomic mass is 9.96. The molecule has 6 rings (SSSR count). The standard InChI is InChI=1S/C30H40N8O4/c1-30(2,3)42-29(39)38-20-9-10-21(38)15-22(14-20)36(4)25-12-11-23(34-35-25)24-17-31-27(28(33-24)40-5)19-16-32-37(18-19)26-8-6-7-13-41-26/h11-12,16-18,20-22,26H,6-10,13-15H2,1-5H3/t20-,21+,22?,26?. The molecule has 2 unspecified atom stereocenters. The fourth-order valence-electron chi connectivity index (χ4n) is 6.30. The number of nitrogens with zero attached hydrogens (tertiary/aromatic N) is 8. The molecule has 12 nitrogen and oxygen atoms in total. The highest BCUT2D eigenvalue weighted by molar-refractivity contribution is 5.70. The average Bonchev–Trinajstić information content (AvgIpc) is 3.58. The summed E-state index contributed by atoms with van der Waals surface area (Å²) in [6.45, 7) is 6.49. The van der Waals surface area contributed by atoms with Crippen LogP contribution in [0.1, 0.15) is 71.9 Å². The molecule has 3 saturated heterocycles. The quantitative estimate of drug-likeness (QED) is 0.402. The predicted molar refractivity (Wildman–Crippen MR) is 156 cm³/mol. The Labute approximate surface area is 246 Å². The number of anilines is 1. The molecule has 12 heteroatoms. The molecular weight excluding hydrogens is 536 g/mol. The molecule has 0 aliphatic carbocycles. The second kappa shape index (κ2) is 11.5. The monoisotopic (exact) mass is 576 g/mol. The maximum atomic E-state index is 12.8. The van der Waals surface area contributed by atoms with Crippen LogP contribution < -0.4 is 9.64 Å². The fraction of sp³-hybridized carbons (Fsp3) is 0.600. The zero-order chi connectivity index (χ0) is 29.4. The topological polar surface area (TPSA) is 121 Å². The van der Waals surface area contributed by atoms with Gasteiger partial charge in [0.05, 0.1) is 19.5 Å². The van der Waals surface area contributed by atoms with Crippen molar-refractivity contribution in [1.29, 1.82) is 0 Å². The predicted octanol–water partition coefficient (Wildman–Crippen LogP) is 4.87. The summed E-state index contributed by atoms with van der Waals surface area (Å²) >= 11 is 0. The molecule has 0 saturated carbocycles. The molecule has 6 heterocycles. The second-order valence-electron chi connectivity index (χ2n) is 12.4. The van der Waals surface area contributed by atoms with Gasteiger partial charge in [0.1, 0.15) is 28.9 Å². The molecule has 3 aromatic heterocycles. The molecule has 4 atom stereocenters. The van der Waals surface area contributed by atoms with Gasteiger partial charge in [0.15, 0.2) is 5.82 Å². The number of hydrogen-bond donors (Lipinski definition) is 0. The smallest absolute Gasteiger partial charge is 0.410 e. The molecule has 2 bridgehead atoms. The molecule has 1 amide bonds. The SMILES string of the molecule is COc1nc(-c2ccc(N(C)C3C[C@H]4CC[C@@H](C3)N4C(=O)OC(C)(C)C)nn2)cnc1-c1cnn(C2CCCCO2)c1. The van der Waals surface area contributed by atoms with E-state index in [1.54, 1.807) is 19.5 Å². The first-order chi connectivity index (χ1) is 20.2. The Morgan fingerprint density at radius 1 is 1.05 bits per heavy atom. The molecule has 42 heavy (non-hydrogen) atoms. The van der Waals surface area contributed by atoms with Gasteiger partial charge in [-0.25, -0.2) is 19.4 Å². The van der Waals surface area contributed by atoms with Gasteiger partial charge in [-0.05, 0) is 77.8 Å². The van der Waals surface area contributed by atoms with E-state index in [4.69, 9.17) is 14.2 Å². The van der Waals surface area contributed by atoms with Gasteiger partial charge in [-0.2, -0.15) is 5.10 Å². The molecule has 224 valence electrons. The van der Waals surface area contributed by atoms with Gasteiger partial charge in [-0.1, -0.05) is 0 Å². The first kappa shape index (κ1) is 28.3. The lowest BCUT2D eigenvalue weighted by Gasteiger charge is -2.42. The number of fused-ring (bicyclic) bond motifs is 2. The maximum absolute atomic E-state index is 12.8. The first-order valence-electron chi connectivity index (χ1n) is 14.9. The Balaban J connectivity index is 1.13. The summed E-state index contributed by atoms with van der Waals surface area (Å²) in [6.07, 6.45) is 12.0. The summed E-state index contributed by atoms with van der Waals surface area (Å²) in [5, 5.41) is 13.5. The third kappa shape index (κ3) is 5.77. The lowest BCUT2D eigenvalue weighted by Crippen LogP contribution is -2.53. The number of carbonyl (C=O) groups is 1. The molecule has 3 fully saturated rings. The number of methoxy groups -OCH3 is 1. The van der Waals surface area contributed by atoms with E-state index in [1.165, 1.54) is 0 Å². The highest BCUT2D eigenvalue weighted by Gasteiger charge is 2.46. The van der Waals surface area contributed by atoms with Crippen molar-refractivity contribution in [2.75, 3.05) is 25.7 Å². The number of rotatable bonds is 6. The van der Waals surface area contributed by atoms with Gasteiger partial charge in [-0.15, -0.1) is 10.2 Å². The molecule has 0 aromatic carbocycles. The minimum absolute atomic E-state index is 0.0506. The molecule has 3 aliphatic rings. The van der Waals surface area contributed by atoms with E-state index in [0.29, 0.717) is 23.0 Å². The van der Waals surface area contributed by atoms with Crippen LogP contribution in [0.4, 0.5) is 10.6 Å². The second-order valence-corrected chi connectivity index (χ2v) is 12.4. The molecule has 0 N–H and O–H groups in total. The van der Waals surface area contributed by atoms with Gasteiger partial charge >= 0.3 is 6.09 Å². The summed E-state index contributed by atoms with van der Waals surface area (Å²) in [5.74, 6) is 1.18. The van der Waals surface area contributed by atoms with Crippen molar-refractivity contribution in [1.82, 2.24) is 34.8 Å². The van der Waals surface area contributed by atoms with E-state index in [-0.39, 0.29) is 30.4 Å². The van der Waals surface area contributed by atoms with E-state index >= 15 is 0 Å². The van der Waals surface area contributed by atoms with Crippen molar-refractivity contribution >= 4 is 11.9 Å². The van der Waals surface area contributed by atoms with Crippen LogP contribution in [0.3, 0.4) is 0 Å². The molecule has 3 aliphatic heterocycles. The van der Waals surface area contributed by atoms with Crippen LogP contribution in [-0.4, -0.2) is 85.4 Å². The maximum Gasteiger partial charge on any atom is 0.410 e. The number of carbonyl (C=O) groups excluding carboxylic acids is 1. The molecule has 0 spiro atoms. The van der Waals surface area contributed by atoms with Crippen LogP contribution in [0.5, 0.6) is 5.88 Å². The van der Waals surface area contributed by atoms with Crippen LogP contribution in [-0.2, 0) is 9.47 Å². The van der Waals surface area contributed by atoms with Crippen molar-refractivity contribution in [3.8, 4) is 28.5 Å². The van der Waals surface area contributed by atoms with E-state index in [2.05, 4.69) is 30.2 Å². The molecule has 3 aromatic rings. The minimum Gasteiger partial charge on any atom is -0.479 e. The summed E-state index contributed by atoms with van der Waals surface area (Å²) in [5.41, 5.74) is 2.11. The highest BCUT2D eigenvalue weighted by atomic mass is 16.6. The van der Waals surface area contributed by atoms with Crippen LogP contribution in [0.25, 0.3) is 22.6 Å². The highest BCUT2D eigenvalue weighted by Crippen LogP contribution is 2.39. The summed E-state index contributed by atoms with van der Waals surface area (Å²) in [7, 11) is 3.63. The zero-order valence-electron chi connectivity index (χ0n) is 25.1. The summed E-state index contributed by atoms with van der Waals surface area (Å²) in [6, 6.07) is 4.50. The fourth-order valence-corrected chi connectivity index (χ4v) is 6.30. The third-order valence-electron chi connectivity index (χ3n) is 8.39. The Kier molecular flexibility index (Phi) is 7.73. The van der Waals surface area contributed by atoms with Crippen molar-refractivity contribution in [2.24, 2.45) is 0 Å². The van der Waals surface area contributed by atoms with Gasteiger partial charge in [0.2, 0.25) is 5.88 Å². The Bertz CT molecular complexity index is 1390. The van der Waals surface area contributed by atoms with E-state index in [1.807, 2.05) is 55.7 Å². The van der Waals surface area contributed by atoms with Crippen LogP contribution >= 0.6 is 0 Å². The van der Waals surface area contributed by atoms with Crippen LogP contribution in [0, 0.1) is 0 Å². The van der Waals surface area contributed by atoms with Crippen molar-refractivity contribution in [3.05, 3.63) is 30.7 Å². The average molecular weight is 577 g/mol. The Hall–Kier alpha value is -3.80. The van der Waals surface area contributed by atoms with Gasteiger partial charge < -0.3 is 24.0 Å². The minimum atomic E-state index is -0.497. The largest absolute Gasteiger partial charge is 0.479 e. The van der Waals surface area contributed by atoms with E-state index < -0.39 is 5.60 Å². The van der Waals surface area contributed by atoms with Crippen molar-refractivity contribution in [2.45, 2.75) is 95.7 Å². The van der Waals surface area contributed by atoms with Gasteiger partial charge in [-0.3, -0.25) is 0 Å². The summed E-state index contributed by atoms with van der Waals surface area (Å²) in [4.78, 5) is 26.3. The first-order valence-corrected chi connectivity index (χ1v) is 14.9. The number of hydrogen-bond acceptors (Lipinski definition) is 10. The van der Waals surface area contributed by atoms with Crippen molar-refractivity contribution in [3.63, 3.8) is 0 Å². The molecular formula is C30H40N8O4. The molecule has 0 radical (unpaired) electrons. The normalized spacial score (nSPS) is 24.0. The van der Waals surface area contributed by atoms with Gasteiger partial charge in [0.25, 0.3) is 0 Å². The van der Waals surface area contributed by atoms with Crippen LogP contribution in [0.2, 0.25) is 0 Å². The lowest BCUT2D eigenvalue weighted by molar-refractivity contribution is -0.0394. The number of aromatic nitrogens is 6. The third-order valence-corrected chi connectivity index (χ3v) is 8.39. The Morgan fingerprint density at radius 3 is 2.48 bits per heavy atom. The van der Waals surface area contributed by atoms with Crippen LogP contribution in [0.15, 0.2) is 30.7 Å². The number of amides is 1. The van der Waals surface area contributed by atoms with E-state index in [9.17, 15) is 4.79 Å². The summed E-state index contributed by atoms with van der Waals surface area (Å²) < 4.78 is 19.0.